The molecule has 43 heavy (non-hydrogen) atoms. The first kappa shape index (κ1) is 55.4. The van der Waals surface area contributed by atoms with Crippen molar-refractivity contribution in [1.82, 2.24) is 0 Å². The second kappa shape index (κ2) is 20.0. The van der Waals surface area contributed by atoms with Crippen LogP contribution in [-0.4, -0.2) is 67.6 Å². The molecule has 0 saturated heterocycles. The van der Waals surface area contributed by atoms with Crippen molar-refractivity contribution in [1.29, 1.82) is 0 Å². The maximum atomic E-state index is 2.40. The van der Waals surface area contributed by atoms with Crippen molar-refractivity contribution in [2.45, 2.75) is 232 Å². The molecule has 0 rings (SSSR count). The van der Waals surface area contributed by atoms with Gasteiger partial charge >= 0.3 is 61.4 Å². The molecule has 7 heteroatoms. The fraction of sp³-hybridized carbons (Fsp3) is 1.00. The molecular formula is C36H81Ge3ISi3. The summed E-state index contributed by atoms with van der Waals surface area (Å²) in [5.41, 5.74) is 0. The fourth-order valence-electron chi connectivity index (χ4n) is 10.1. The van der Waals surface area contributed by atoms with Gasteiger partial charge in [-0.15, -0.1) is 0 Å². The van der Waals surface area contributed by atoms with Gasteiger partial charge in [-0.2, -0.15) is 0 Å². The molecule has 0 aromatic rings. The third-order valence-corrected chi connectivity index (χ3v) is 20.2. The molecule has 0 aromatic carbocycles. The van der Waals surface area contributed by atoms with E-state index in [-0.39, 0.29) is 0 Å². The Morgan fingerprint density at radius 1 is 0.233 bits per heavy atom. The first-order valence-electron chi connectivity index (χ1n) is 16.2. The molecule has 0 N–H and O–H groups in total. The summed E-state index contributed by atoms with van der Waals surface area (Å²) in [6.45, 7) is 64.8. The predicted molar refractivity (Wildman–Crippen MR) is 226 cm³/mol. The van der Waals surface area contributed by atoms with E-state index in [9.17, 15) is 0 Å². The summed E-state index contributed by atoms with van der Waals surface area (Å²) in [7, 11) is -1.17. The van der Waals surface area contributed by atoms with E-state index in [1.165, 1.54) is 0 Å². The predicted octanol–water partition coefficient (Wildman–Crippen LogP) is 14.4. The molecule has 10 radical (unpaired) electrons. The van der Waals surface area contributed by atoms with Gasteiger partial charge < -0.3 is 0 Å². The zero-order valence-electron chi connectivity index (χ0n) is 34.9. The van der Waals surface area contributed by atoms with Gasteiger partial charge in [0.05, 0.1) is 26.4 Å². The second-order valence-corrected chi connectivity index (χ2v) is 37.1. The van der Waals surface area contributed by atoms with Gasteiger partial charge in [0.1, 0.15) is 0 Å². The minimum absolute atomic E-state index is 0.391. The summed E-state index contributed by atoms with van der Waals surface area (Å²) < 4.78 is 0. The molecule has 0 spiro atoms. The van der Waals surface area contributed by atoms with Crippen LogP contribution in [0.2, 0.25) is 45.3 Å². The molecule has 0 aliphatic heterocycles. The molecule has 0 nitrogen and oxygen atoms in total. The molecule has 0 atom stereocenters. The molecule has 0 amide bonds. The Bertz CT molecular complexity index is 520. The van der Waals surface area contributed by atoms with Crippen molar-refractivity contribution in [3.63, 3.8) is 0 Å². The number of halogens is 1. The summed E-state index contributed by atoms with van der Waals surface area (Å²) in [6.07, 6.45) is 0. The van der Waals surface area contributed by atoms with Gasteiger partial charge in [-0.05, 0) is 45.3 Å². The summed E-state index contributed by atoms with van der Waals surface area (Å²) in [6, 6.07) is 0. The second-order valence-electron chi connectivity index (χ2n) is 21.4. The van der Waals surface area contributed by atoms with Gasteiger partial charge in [0.2, 0.25) is 0 Å². The van der Waals surface area contributed by atoms with Crippen LogP contribution < -0.4 is 0 Å². The average Bonchev–Trinajstić information content (AvgIpc) is 2.53. The molecule has 0 aromatic heterocycles. The van der Waals surface area contributed by atoms with Crippen LogP contribution in [0.1, 0.15) is 187 Å². The van der Waals surface area contributed by atoms with Crippen LogP contribution in [0.25, 0.3) is 0 Å². The van der Waals surface area contributed by atoms with Crippen LogP contribution >= 0.6 is 20.2 Å². The zero-order chi connectivity index (χ0) is 37.2. The number of hydrogen-bond donors (Lipinski definition) is 0. The van der Waals surface area contributed by atoms with Crippen molar-refractivity contribution in [3.05, 3.63) is 0 Å². The van der Waals surface area contributed by atoms with Gasteiger partial charge in [0, 0.05) is 0 Å². The van der Waals surface area contributed by atoms with Crippen molar-refractivity contribution in [3.8, 4) is 0 Å². The third kappa shape index (κ3) is 25.6. The van der Waals surface area contributed by atoms with E-state index >= 15 is 0 Å². The Kier molecular flexibility index (Phi) is 25.8. The van der Waals surface area contributed by atoms with Gasteiger partial charge in [0.15, 0.2) is 0 Å². The van der Waals surface area contributed by atoms with Gasteiger partial charge in [-0.3, -0.25) is 0 Å². The number of hydrogen-bond acceptors (Lipinski definition) is 0. The van der Waals surface area contributed by atoms with E-state index in [1.807, 2.05) is 41.2 Å². The molecular weight excluding hydrogens is 861 g/mol. The Morgan fingerprint density at radius 2 is 0.279 bits per heavy atom. The van der Waals surface area contributed by atoms with Crippen LogP contribution in [0.3, 0.4) is 0 Å². The molecule has 0 aliphatic carbocycles. The molecule has 0 aliphatic rings. The normalized spacial score (nSPS) is 14.0. The maximum absolute atomic E-state index is 2.40. The summed E-state index contributed by atoms with van der Waals surface area (Å²) in [5, 5.41) is 4.39. The van der Waals surface area contributed by atoms with Crippen molar-refractivity contribution >= 4 is 87.8 Å². The fourth-order valence-corrected chi connectivity index (χ4v) is 30.4. The Hall–Kier alpha value is 3.01. The first-order chi connectivity index (χ1) is 18.1. The molecule has 0 saturated carbocycles. The third-order valence-electron chi connectivity index (χ3n) is 6.75. The van der Waals surface area contributed by atoms with Crippen molar-refractivity contribution < 1.29 is 0 Å². The van der Waals surface area contributed by atoms with Crippen molar-refractivity contribution in [2.75, 3.05) is 0 Å². The van der Waals surface area contributed by atoms with Crippen LogP contribution in [-0.2, 0) is 0 Å². The van der Waals surface area contributed by atoms with E-state index < -0.39 is 26.4 Å². The molecule has 0 fully saturated rings. The summed E-state index contributed by atoms with van der Waals surface area (Å²) >= 11 is 8.12. The van der Waals surface area contributed by atoms with E-state index in [1.54, 1.807) is 0 Å². The molecule has 256 valence electrons. The zero-order valence-corrected chi connectivity index (χ0v) is 46.3. The monoisotopic (exact) mass is 946 g/mol. The van der Waals surface area contributed by atoms with Crippen LogP contribution in [0.4, 0.5) is 0 Å². The van der Waals surface area contributed by atoms with E-state index in [4.69, 9.17) is 0 Å². The molecule has 0 unspecified atom stereocenters. The number of rotatable bonds is 0. The topological polar surface area (TPSA) is 0 Å². The van der Waals surface area contributed by atoms with Gasteiger partial charge in [0.25, 0.3) is 0 Å². The molecule has 0 bridgehead atoms. The SMILES string of the molecule is CC(C)(C)[Si](C(C)(C)C)C(C)(C)C.CC(C)(C)[Si](C(C)(C)C)C(C)(C)C.CC(C)(C)[Si](C(C)(C)C)C(C)(C)C.[Ge]=[Ge].[Ge][I]. The van der Waals surface area contributed by atoms with Gasteiger partial charge in [-0.25, -0.2) is 0 Å². The van der Waals surface area contributed by atoms with E-state index in [0.717, 1.165) is 0 Å². The van der Waals surface area contributed by atoms with Crippen LogP contribution in [0.5, 0.6) is 0 Å². The average molecular weight is 943 g/mol. The van der Waals surface area contributed by atoms with Gasteiger partial charge in [-0.1, -0.05) is 187 Å². The first-order valence-corrected chi connectivity index (χ1v) is 33.6. The summed E-state index contributed by atoms with van der Waals surface area (Å²) in [4.78, 5) is 0. The van der Waals surface area contributed by atoms with Crippen molar-refractivity contribution in [2.24, 2.45) is 0 Å². The standard InChI is InChI=1S/3C12H27Si.Ge2.GeI/c3*1-10(2,3)13(11(4,5)6)12(7,8)9;2*1-2/h3*1-9H3;;. The Morgan fingerprint density at radius 3 is 0.279 bits per heavy atom. The van der Waals surface area contributed by atoms with E-state index in [0.29, 0.717) is 45.3 Å². The minimum atomic E-state index is -0.391. The van der Waals surface area contributed by atoms with Crippen LogP contribution in [0, 0.1) is 0 Å². The van der Waals surface area contributed by atoms with Crippen LogP contribution in [0.15, 0.2) is 0 Å². The summed E-state index contributed by atoms with van der Waals surface area (Å²) in [5.74, 6) is 0. The Labute approximate surface area is 317 Å². The molecule has 0 heterocycles. The quantitative estimate of drug-likeness (QED) is 0.168. The van der Waals surface area contributed by atoms with E-state index in [2.05, 4.69) is 207 Å². The Balaban J connectivity index is -0.000000158.